The highest BCUT2D eigenvalue weighted by Crippen LogP contribution is 2.35. The van der Waals surface area contributed by atoms with Crippen LogP contribution in [-0.2, 0) is 20.9 Å². The zero-order valence-corrected chi connectivity index (χ0v) is 12.0. The van der Waals surface area contributed by atoms with Crippen molar-refractivity contribution in [1.82, 2.24) is 5.06 Å². The van der Waals surface area contributed by atoms with Gasteiger partial charge in [-0.25, -0.2) is 0 Å². The summed E-state index contributed by atoms with van der Waals surface area (Å²) in [5.41, 5.74) is 1.08. The Balaban J connectivity index is 1.78. The number of nitrogens with zero attached hydrogens (tertiary/aromatic N) is 1. The van der Waals surface area contributed by atoms with Crippen LogP contribution in [0.5, 0.6) is 0 Å². The molecule has 0 spiro atoms. The Hall–Kier alpha value is -1.02. The number of hydrogen-bond acceptors (Lipinski definition) is 6. The molecular formula is C15H21NO5. The van der Waals surface area contributed by atoms with E-state index < -0.39 is 24.5 Å². The summed E-state index contributed by atoms with van der Waals surface area (Å²) in [5.74, 6) is -0.241. The van der Waals surface area contributed by atoms with Gasteiger partial charge in [-0.05, 0) is 5.56 Å². The van der Waals surface area contributed by atoms with Crippen molar-refractivity contribution in [2.24, 2.45) is 5.92 Å². The number of methoxy groups -OCH3 is 1. The lowest BCUT2D eigenvalue weighted by molar-refractivity contribution is -0.364. The fraction of sp³-hybridized carbons (Fsp3) is 0.600. The summed E-state index contributed by atoms with van der Waals surface area (Å²) in [6.45, 7) is 0.677. The predicted octanol–water partition coefficient (Wildman–Crippen LogP) is 0.143. The van der Waals surface area contributed by atoms with Crippen LogP contribution in [0.2, 0.25) is 0 Å². The zero-order chi connectivity index (χ0) is 14.8. The molecule has 0 saturated carbocycles. The number of hydroxylamine groups is 2. The number of ether oxygens (including phenoxy) is 2. The van der Waals surface area contributed by atoms with Gasteiger partial charge in [0.15, 0.2) is 6.29 Å². The summed E-state index contributed by atoms with van der Waals surface area (Å²) >= 11 is 0. The SMILES string of the molecule is CO[C@H]1O[C@H](CO)[C@H]2[C@@H](O)[C@@H]1CON2Cc1ccccc1. The molecular weight excluding hydrogens is 274 g/mol. The van der Waals surface area contributed by atoms with Gasteiger partial charge in [0.1, 0.15) is 6.10 Å². The maximum absolute atomic E-state index is 10.5. The van der Waals surface area contributed by atoms with Gasteiger partial charge in [0.2, 0.25) is 0 Å². The second kappa shape index (κ2) is 6.39. The van der Waals surface area contributed by atoms with E-state index in [9.17, 15) is 10.2 Å². The van der Waals surface area contributed by atoms with E-state index >= 15 is 0 Å². The molecule has 1 aromatic carbocycles. The van der Waals surface area contributed by atoms with Crippen LogP contribution in [-0.4, -0.2) is 60.1 Å². The molecule has 1 aromatic rings. The van der Waals surface area contributed by atoms with Crippen molar-refractivity contribution in [3.63, 3.8) is 0 Å². The number of hydrogen-bond donors (Lipinski definition) is 2. The molecule has 116 valence electrons. The third-order valence-corrected chi connectivity index (χ3v) is 4.19. The van der Waals surface area contributed by atoms with E-state index in [0.29, 0.717) is 13.2 Å². The topological polar surface area (TPSA) is 71.4 Å². The van der Waals surface area contributed by atoms with Gasteiger partial charge in [0.05, 0.1) is 31.3 Å². The van der Waals surface area contributed by atoms with Crippen LogP contribution in [0, 0.1) is 5.92 Å². The summed E-state index contributed by atoms with van der Waals surface area (Å²) in [4.78, 5) is 5.79. The fourth-order valence-corrected chi connectivity index (χ4v) is 3.08. The molecule has 2 aliphatic rings. The quantitative estimate of drug-likeness (QED) is 0.823. The molecule has 0 radical (unpaired) electrons. The molecule has 2 heterocycles. The van der Waals surface area contributed by atoms with E-state index in [1.165, 1.54) is 7.11 Å². The summed E-state index contributed by atoms with van der Waals surface area (Å²) in [5, 5.41) is 21.8. The van der Waals surface area contributed by atoms with Crippen molar-refractivity contribution >= 4 is 0 Å². The first-order valence-electron chi connectivity index (χ1n) is 7.15. The highest BCUT2D eigenvalue weighted by atomic mass is 16.7. The van der Waals surface area contributed by atoms with Crippen LogP contribution in [0.3, 0.4) is 0 Å². The Morgan fingerprint density at radius 2 is 2.10 bits per heavy atom. The molecule has 2 bridgehead atoms. The summed E-state index contributed by atoms with van der Waals surface area (Å²) in [6.07, 6.45) is -1.74. The first-order valence-corrected chi connectivity index (χ1v) is 7.15. The normalized spacial score (nSPS) is 36.6. The molecule has 6 heteroatoms. The molecule has 0 aliphatic carbocycles. The smallest absolute Gasteiger partial charge is 0.165 e. The highest BCUT2D eigenvalue weighted by molar-refractivity contribution is 5.14. The second-order valence-corrected chi connectivity index (χ2v) is 5.46. The number of aliphatic hydroxyl groups excluding tert-OH is 2. The van der Waals surface area contributed by atoms with Gasteiger partial charge in [-0.3, -0.25) is 4.84 Å². The van der Waals surface area contributed by atoms with E-state index in [-0.39, 0.29) is 12.5 Å². The Morgan fingerprint density at radius 1 is 1.33 bits per heavy atom. The van der Waals surface area contributed by atoms with Gasteiger partial charge < -0.3 is 19.7 Å². The summed E-state index contributed by atoms with van der Waals surface area (Å²) < 4.78 is 11.0. The van der Waals surface area contributed by atoms with Gasteiger partial charge in [0.25, 0.3) is 0 Å². The van der Waals surface area contributed by atoms with E-state index in [1.807, 2.05) is 30.3 Å². The van der Waals surface area contributed by atoms with Crippen LogP contribution in [0.4, 0.5) is 0 Å². The fourth-order valence-electron chi connectivity index (χ4n) is 3.08. The van der Waals surface area contributed by atoms with Gasteiger partial charge in [-0.2, -0.15) is 5.06 Å². The molecule has 0 amide bonds. The molecule has 2 N–H and O–H groups in total. The van der Waals surface area contributed by atoms with Crippen LogP contribution in [0.25, 0.3) is 0 Å². The third kappa shape index (κ3) is 2.83. The Kier molecular flexibility index (Phi) is 4.54. The van der Waals surface area contributed by atoms with Crippen molar-refractivity contribution in [2.75, 3.05) is 20.3 Å². The molecule has 5 atom stereocenters. The van der Waals surface area contributed by atoms with Crippen molar-refractivity contribution in [2.45, 2.75) is 31.1 Å². The number of benzene rings is 1. The lowest BCUT2D eigenvalue weighted by atomic mass is 9.88. The van der Waals surface area contributed by atoms with Gasteiger partial charge in [-0.15, -0.1) is 0 Å². The van der Waals surface area contributed by atoms with E-state index in [4.69, 9.17) is 14.3 Å². The molecule has 21 heavy (non-hydrogen) atoms. The maximum atomic E-state index is 10.5. The largest absolute Gasteiger partial charge is 0.394 e. The summed E-state index contributed by atoms with van der Waals surface area (Å²) in [7, 11) is 1.53. The molecule has 0 aromatic heterocycles. The minimum atomic E-state index is -0.654. The minimum absolute atomic E-state index is 0.192. The standard InChI is InChI=1S/C15H21NO5/c1-19-15-11-9-20-16(7-10-5-3-2-4-6-10)13(14(11)18)12(8-17)21-15/h2-6,11-15,17-18H,7-9H2,1H3/t11-,12+,13-,14-,15-/m0/s1. The van der Waals surface area contributed by atoms with Crippen LogP contribution in [0.1, 0.15) is 5.56 Å². The van der Waals surface area contributed by atoms with Gasteiger partial charge in [0, 0.05) is 13.7 Å². The zero-order valence-electron chi connectivity index (χ0n) is 12.0. The van der Waals surface area contributed by atoms with Crippen molar-refractivity contribution in [3.05, 3.63) is 35.9 Å². The van der Waals surface area contributed by atoms with Crippen molar-refractivity contribution in [3.8, 4) is 0 Å². The number of fused-ring (bicyclic) bond motifs is 2. The molecule has 2 fully saturated rings. The van der Waals surface area contributed by atoms with Gasteiger partial charge in [-0.1, -0.05) is 30.3 Å². The maximum Gasteiger partial charge on any atom is 0.165 e. The second-order valence-electron chi connectivity index (χ2n) is 5.46. The van der Waals surface area contributed by atoms with Crippen molar-refractivity contribution < 1.29 is 24.5 Å². The molecule has 0 unspecified atom stereocenters. The molecule has 6 nitrogen and oxygen atoms in total. The number of aliphatic hydroxyl groups is 2. The van der Waals surface area contributed by atoms with Crippen molar-refractivity contribution in [1.29, 1.82) is 0 Å². The first kappa shape index (κ1) is 14.9. The van der Waals surface area contributed by atoms with Crippen LogP contribution in [0.15, 0.2) is 30.3 Å². The van der Waals surface area contributed by atoms with Crippen LogP contribution >= 0.6 is 0 Å². The Bertz CT molecular complexity index is 455. The minimum Gasteiger partial charge on any atom is -0.394 e. The predicted molar refractivity (Wildman–Crippen MR) is 74.0 cm³/mol. The van der Waals surface area contributed by atoms with Gasteiger partial charge >= 0.3 is 0 Å². The monoisotopic (exact) mass is 295 g/mol. The average Bonchev–Trinajstić information content (AvgIpc) is 2.51. The average molecular weight is 295 g/mol. The highest BCUT2D eigenvalue weighted by Gasteiger charge is 2.51. The first-order chi connectivity index (χ1) is 10.2. The molecule has 2 saturated heterocycles. The Labute approximate surface area is 123 Å². The summed E-state index contributed by atoms with van der Waals surface area (Å²) in [6, 6.07) is 9.46. The Morgan fingerprint density at radius 3 is 2.76 bits per heavy atom. The lowest BCUT2D eigenvalue weighted by Gasteiger charge is -2.51. The lowest BCUT2D eigenvalue weighted by Crippen LogP contribution is -2.66. The van der Waals surface area contributed by atoms with E-state index in [2.05, 4.69) is 0 Å². The van der Waals surface area contributed by atoms with Crippen LogP contribution < -0.4 is 0 Å². The molecule has 3 rings (SSSR count). The third-order valence-electron chi connectivity index (χ3n) is 4.19. The van der Waals surface area contributed by atoms with E-state index in [0.717, 1.165) is 5.56 Å². The molecule has 2 aliphatic heterocycles. The number of rotatable bonds is 4. The van der Waals surface area contributed by atoms with E-state index in [1.54, 1.807) is 5.06 Å².